The van der Waals surface area contributed by atoms with Crippen LogP contribution in [0.5, 0.6) is 0 Å². The Kier molecular flexibility index (Phi) is 8.89. The SMILES string of the molecule is CC(C)[C@H](CCC=O)N1CC[C@@H](Cc2cn(-c3ccc(F)cc3C(=O)N(C)C(C)C)c3cncc(Cl)c23)C1. The van der Waals surface area contributed by atoms with Crippen LogP contribution in [0.25, 0.3) is 16.6 Å². The number of halogens is 2. The number of likely N-dealkylation sites (tertiary alicyclic amines) is 1. The van der Waals surface area contributed by atoms with E-state index in [9.17, 15) is 14.0 Å². The molecule has 38 heavy (non-hydrogen) atoms. The minimum Gasteiger partial charge on any atom is -0.339 e. The zero-order chi connectivity index (χ0) is 27.6. The average molecular weight is 541 g/mol. The minimum absolute atomic E-state index is 0.0294. The molecule has 0 spiro atoms. The zero-order valence-corrected chi connectivity index (χ0v) is 23.7. The molecule has 6 nitrogen and oxygen atoms in total. The van der Waals surface area contributed by atoms with E-state index < -0.39 is 5.82 Å². The number of carbonyl (C=O) groups excluding carboxylic acids is 2. The number of benzene rings is 1. The van der Waals surface area contributed by atoms with Gasteiger partial charge in [-0.05, 0) is 75.3 Å². The van der Waals surface area contributed by atoms with Crippen molar-refractivity contribution in [2.45, 2.75) is 65.5 Å². The van der Waals surface area contributed by atoms with E-state index >= 15 is 0 Å². The van der Waals surface area contributed by atoms with Crippen molar-refractivity contribution in [1.82, 2.24) is 19.4 Å². The standard InChI is InChI=1S/C30H38ClFN4O2/c1-19(2)26(7-6-12-37)35-11-10-21(17-35)13-22-18-36(28-16-33-15-25(31)29(22)28)27-9-8-23(32)14-24(27)30(38)34(5)20(3)4/h8-9,12,14-16,18-21,26H,6-7,10-11,13,17H2,1-5H3/t21-,26-/m0/s1. The van der Waals surface area contributed by atoms with Crippen molar-refractivity contribution in [3.63, 3.8) is 0 Å². The lowest BCUT2D eigenvalue weighted by Gasteiger charge is -2.30. The molecule has 2 atom stereocenters. The van der Waals surface area contributed by atoms with Crippen LogP contribution in [-0.4, -0.2) is 63.8 Å². The van der Waals surface area contributed by atoms with E-state index in [0.717, 1.165) is 55.1 Å². The largest absolute Gasteiger partial charge is 0.339 e. The Morgan fingerprint density at radius 1 is 1.26 bits per heavy atom. The lowest BCUT2D eigenvalue weighted by atomic mass is 9.97. The van der Waals surface area contributed by atoms with Gasteiger partial charge in [0, 0.05) is 49.9 Å². The van der Waals surface area contributed by atoms with E-state index in [2.05, 4.69) is 23.7 Å². The monoisotopic (exact) mass is 540 g/mol. The highest BCUT2D eigenvalue weighted by Crippen LogP contribution is 2.35. The summed E-state index contributed by atoms with van der Waals surface area (Å²) in [5, 5.41) is 1.48. The number of aldehydes is 1. The van der Waals surface area contributed by atoms with Crippen LogP contribution in [0.1, 0.15) is 62.9 Å². The van der Waals surface area contributed by atoms with E-state index in [-0.39, 0.29) is 11.9 Å². The Morgan fingerprint density at radius 2 is 2.03 bits per heavy atom. The molecule has 1 aliphatic rings. The molecule has 0 saturated carbocycles. The summed E-state index contributed by atoms with van der Waals surface area (Å²) in [5.74, 6) is 0.225. The second kappa shape index (κ2) is 12.0. The van der Waals surface area contributed by atoms with Crippen LogP contribution in [0.15, 0.2) is 36.8 Å². The Bertz CT molecular complexity index is 1300. The van der Waals surface area contributed by atoms with Crippen molar-refractivity contribution < 1.29 is 14.0 Å². The third-order valence-electron chi connectivity index (χ3n) is 7.93. The highest BCUT2D eigenvalue weighted by Gasteiger charge is 2.31. The lowest BCUT2D eigenvalue weighted by molar-refractivity contribution is -0.108. The first-order valence-corrected chi connectivity index (χ1v) is 13.9. The molecule has 0 aliphatic carbocycles. The molecule has 1 aromatic carbocycles. The van der Waals surface area contributed by atoms with E-state index in [4.69, 9.17) is 11.6 Å². The summed E-state index contributed by atoms with van der Waals surface area (Å²) in [4.78, 5) is 32.8. The van der Waals surface area contributed by atoms with Crippen molar-refractivity contribution in [1.29, 1.82) is 0 Å². The molecule has 0 N–H and O–H groups in total. The Morgan fingerprint density at radius 3 is 2.71 bits per heavy atom. The van der Waals surface area contributed by atoms with Gasteiger partial charge in [0.15, 0.2) is 0 Å². The van der Waals surface area contributed by atoms with Crippen LogP contribution in [0.2, 0.25) is 5.02 Å². The first-order valence-electron chi connectivity index (χ1n) is 13.5. The predicted octanol–water partition coefficient (Wildman–Crippen LogP) is 6.17. The molecule has 0 radical (unpaired) electrons. The maximum absolute atomic E-state index is 14.3. The van der Waals surface area contributed by atoms with E-state index in [1.54, 1.807) is 30.4 Å². The summed E-state index contributed by atoms with van der Waals surface area (Å²) in [7, 11) is 1.73. The minimum atomic E-state index is -0.456. The number of nitrogens with zero attached hydrogens (tertiary/aromatic N) is 4. The summed E-state index contributed by atoms with van der Waals surface area (Å²) in [5.41, 5.74) is 2.78. The van der Waals surface area contributed by atoms with Gasteiger partial charge in [0.05, 0.1) is 28.0 Å². The fourth-order valence-corrected chi connectivity index (χ4v) is 5.98. The number of hydrogen-bond acceptors (Lipinski definition) is 4. The topological polar surface area (TPSA) is 58.4 Å². The number of hydrogen-bond donors (Lipinski definition) is 0. The Labute approximate surface area is 229 Å². The highest BCUT2D eigenvalue weighted by molar-refractivity contribution is 6.35. The van der Waals surface area contributed by atoms with Gasteiger partial charge in [0.1, 0.15) is 12.1 Å². The Hall–Kier alpha value is -2.77. The molecule has 2 aromatic heterocycles. The second-order valence-corrected chi connectivity index (χ2v) is 11.5. The van der Waals surface area contributed by atoms with Gasteiger partial charge >= 0.3 is 0 Å². The molecule has 0 bridgehead atoms. The first-order chi connectivity index (χ1) is 18.1. The molecular weight excluding hydrogens is 503 g/mol. The molecule has 204 valence electrons. The predicted molar refractivity (Wildman–Crippen MR) is 151 cm³/mol. The number of pyridine rings is 1. The van der Waals surface area contributed by atoms with Gasteiger partial charge in [0.25, 0.3) is 5.91 Å². The van der Waals surface area contributed by atoms with Gasteiger partial charge in [-0.3, -0.25) is 14.7 Å². The number of rotatable bonds is 10. The molecule has 8 heteroatoms. The average Bonchev–Trinajstić information content (AvgIpc) is 3.49. The number of aromatic nitrogens is 2. The smallest absolute Gasteiger partial charge is 0.256 e. The zero-order valence-electron chi connectivity index (χ0n) is 23.0. The molecule has 1 aliphatic heterocycles. The maximum Gasteiger partial charge on any atom is 0.256 e. The van der Waals surface area contributed by atoms with Crippen molar-refractivity contribution in [3.8, 4) is 5.69 Å². The maximum atomic E-state index is 14.3. The molecule has 3 heterocycles. The van der Waals surface area contributed by atoms with E-state index in [1.165, 1.54) is 12.1 Å². The van der Waals surface area contributed by atoms with E-state index in [1.807, 2.05) is 24.6 Å². The van der Waals surface area contributed by atoms with Crippen molar-refractivity contribution in [2.24, 2.45) is 11.8 Å². The molecule has 1 saturated heterocycles. The van der Waals surface area contributed by atoms with Crippen LogP contribution in [0, 0.1) is 17.7 Å². The Balaban J connectivity index is 1.70. The van der Waals surface area contributed by atoms with Gasteiger partial charge in [-0.25, -0.2) is 4.39 Å². The van der Waals surface area contributed by atoms with Gasteiger partial charge in [-0.15, -0.1) is 0 Å². The van der Waals surface area contributed by atoms with Crippen molar-refractivity contribution >= 4 is 34.7 Å². The lowest BCUT2D eigenvalue weighted by Crippen LogP contribution is -2.37. The third kappa shape index (κ3) is 5.79. The quantitative estimate of drug-likeness (QED) is 0.289. The summed E-state index contributed by atoms with van der Waals surface area (Å²) in [6, 6.07) is 4.70. The number of amides is 1. The highest BCUT2D eigenvalue weighted by atomic mass is 35.5. The summed E-state index contributed by atoms with van der Waals surface area (Å²) in [6.45, 7) is 10.3. The normalized spacial score (nSPS) is 17.0. The van der Waals surface area contributed by atoms with Gasteiger partial charge in [-0.1, -0.05) is 25.4 Å². The molecule has 0 unspecified atom stereocenters. The third-order valence-corrected chi connectivity index (χ3v) is 8.22. The van der Waals surface area contributed by atoms with Crippen LogP contribution in [-0.2, 0) is 11.2 Å². The molecule has 1 amide bonds. The summed E-state index contributed by atoms with van der Waals surface area (Å²) < 4.78 is 16.3. The van der Waals surface area contributed by atoms with E-state index in [0.29, 0.717) is 40.6 Å². The molecule has 1 fully saturated rings. The van der Waals surface area contributed by atoms with Gasteiger partial charge in [0.2, 0.25) is 0 Å². The summed E-state index contributed by atoms with van der Waals surface area (Å²) in [6.07, 6.45) is 9.83. The van der Waals surface area contributed by atoms with Crippen LogP contribution < -0.4 is 0 Å². The second-order valence-electron chi connectivity index (χ2n) is 11.1. The molecule has 4 rings (SSSR count). The number of fused-ring (bicyclic) bond motifs is 1. The van der Waals surface area contributed by atoms with Crippen molar-refractivity contribution in [2.75, 3.05) is 20.1 Å². The van der Waals surface area contributed by atoms with Gasteiger partial charge in [-0.2, -0.15) is 0 Å². The molecule has 3 aromatic rings. The van der Waals surface area contributed by atoms with Gasteiger partial charge < -0.3 is 14.3 Å². The fourth-order valence-electron chi connectivity index (χ4n) is 5.70. The van der Waals surface area contributed by atoms with Crippen molar-refractivity contribution in [3.05, 3.63) is 58.8 Å². The molecular formula is C30H38ClFN4O2. The van der Waals surface area contributed by atoms with Crippen LogP contribution in [0.3, 0.4) is 0 Å². The number of carbonyl (C=O) groups is 2. The van der Waals surface area contributed by atoms with Crippen LogP contribution in [0.4, 0.5) is 4.39 Å². The fraction of sp³-hybridized carbons (Fsp3) is 0.500. The first kappa shape index (κ1) is 28.2. The summed E-state index contributed by atoms with van der Waals surface area (Å²) >= 11 is 6.69. The van der Waals surface area contributed by atoms with Crippen LogP contribution >= 0.6 is 11.6 Å².